The van der Waals surface area contributed by atoms with Crippen LogP contribution in [0.15, 0.2) is 48.6 Å². The number of carbonyl (C=O) groups is 1. The minimum atomic E-state index is 0.0589. The summed E-state index contributed by atoms with van der Waals surface area (Å²) in [5.74, 6) is 0.0589. The van der Waals surface area contributed by atoms with Gasteiger partial charge in [0.15, 0.2) is 0 Å². The van der Waals surface area contributed by atoms with Gasteiger partial charge < -0.3 is 9.13 Å². The van der Waals surface area contributed by atoms with Gasteiger partial charge in [0.05, 0.1) is 16.8 Å². The number of pyridine rings is 1. The van der Waals surface area contributed by atoms with E-state index >= 15 is 0 Å². The van der Waals surface area contributed by atoms with E-state index in [9.17, 15) is 4.79 Å². The van der Waals surface area contributed by atoms with Crippen LogP contribution in [0.1, 0.15) is 28.7 Å². The van der Waals surface area contributed by atoms with Gasteiger partial charge in [0.25, 0.3) is 0 Å². The number of aromatic nitrogens is 3. The highest BCUT2D eigenvalue weighted by atomic mass is 32.1. The van der Waals surface area contributed by atoms with E-state index < -0.39 is 0 Å². The molecular formula is C20H19N3OS. The van der Waals surface area contributed by atoms with Crippen LogP contribution in [-0.4, -0.2) is 19.9 Å². The summed E-state index contributed by atoms with van der Waals surface area (Å²) >= 11 is 1.67. The van der Waals surface area contributed by atoms with E-state index in [-0.39, 0.29) is 5.78 Å². The fourth-order valence-electron chi connectivity index (χ4n) is 3.58. The number of fused-ring (bicyclic) bond motifs is 2. The van der Waals surface area contributed by atoms with Gasteiger partial charge in [-0.3, -0.25) is 9.78 Å². The van der Waals surface area contributed by atoms with Gasteiger partial charge in [-0.1, -0.05) is 6.08 Å². The molecule has 4 rings (SSSR count). The molecule has 0 radical (unpaired) electrons. The van der Waals surface area contributed by atoms with E-state index in [2.05, 4.69) is 39.1 Å². The number of hydrogen-bond acceptors (Lipinski definition) is 3. The van der Waals surface area contributed by atoms with Crippen LogP contribution in [0, 0.1) is 6.92 Å². The molecular weight excluding hydrogens is 330 g/mol. The summed E-state index contributed by atoms with van der Waals surface area (Å²) in [6, 6.07) is 6.03. The van der Waals surface area contributed by atoms with Crippen molar-refractivity contribution in [1.82, 2.24) is 14.1 Å². The third kappa shape index (κ3) is 2.27. The van der Waals surface area contributed by atoms with Crippen LogP contribution in [0.3, 0.4) is 0 Å². The van der Waals surface area contributed by atoms with E-state index in [1.807, 2.05) is 25.1 Å². The Bertz CT molecular complexity index is 1110. The first-order chi connectivity index (χ1) is 12.2. The molecule has 0 fully saturated rings. The first-order valence-electron chi connectivity index (χ1n) is 8.32. The van der Waals surface area contributed by atoms with Crippen LogP contribution in [0.4, 0.5) is 0 Å². The van der Waals surface area contributed by atoms with Crippen molar-refractivity contribution in [3.05, 3.63) is 65.6 Å². The van der Waals surface area contributed by atoms with Gasteiger partial charge in [-0.15, -0.1) is 17.9 Å². The Hall–Kier alpha value is -2.66. The van der Waals surface area contributed by atoms with E-state index in [0.717, 1.165) is 44.6 Å². The van der Waals surface area contributed by atoms with Crippen LogP contribution < -0.4 is 0 Å². The van der Waals surface area contributed by atoms with Gasteiger partial charge in [0, 0.05) is 41.9 Å². The second-order valence-corrected chi connectivity index (χ2v) is 6.93. The van der Waals surface area contributed by atoms with Crippen LogP contribution >= 0.6 is 11.3 Å². The molecule has 4 nitrogen and oxygen atoms in total. The largest absolute Gasteiger partial charge is 0.340 e. The molecule has 126 valence electrons. The van der Waals surface area contributed by atoms with Crippen molar-refractivity contribution in [2.75, 3.05) is 0 Å². The molecule has 0 saturated heterocycles. The summed E-state index contributed by atoms with van der Waals surface area (Å²) in [6.07, 6.45) is 5.41. The third-order valence-corrected chi connectivity index (χ3v) is 5.67. The summed E-state index contributed by atoms with van der Waals surface area (Å²) in [6.45, 7) is 9.36. The maximum Gasteiger partial charge on any atom is 0.211 e. The van der Waals surface area contributed by atoms with Crippen LogP contribution in [0.2, 0.25) is 0 Å². The summed E-state index contributed by atoms with van der Waals surface area (Å²) in [7, 11) is 0. The van der Waals surface area contributed by atoms with Crippen molar-refractivity contribution in [3.8, 4) is 0 Å². The van der Waals surface area contributed by atoms with Crippen LogP contribution in [0.5, 0.6) is 0 Å². The molecule has 0 aromatic carbocycles. The molecule has 0 atom stereocenters. The van der Waals surface area contributed by atoms with Gasteiger partial charge in [-0.2, -0.15) is 0 Å². The van der Waals surface area contributed by atoms with Crippen molar-refractivity contribution in [1.29, 1.82) is 0 Å². The predicted octanol–water partition coefficient (Wildman–Crippen LogP) is 4.80. The molecule has 0 aliphatic carbocycles. The number of carbonyl (C=O) groups excluding carboxylic acids is 1. The van der Waals surface area contributed by atoms with E-state index in [4.69, 9.17) is 0 Å². The number of aryl methyl sites for hydroxylation is 1. The van der Waals surface area contributed by atoms with Crippen molar-refractivity contribution >= 4 is 38.2 Å². The molecule has 0 bridgehead atoms. The maximum atomic E-state index is 13.5. The zero-order valence-electron chi connectivity index (χ0n) is 14.3. The second-order valence-electron chi connectivity index (χ2n) is 6.04. The Labute approximate surface area is 150 Å². The van der Waals surface area contributed by atoms with Crippen molar-refractivity contribution < 1.29 is 4.79 Å². The monoisotopic (exact) mass is 349 g/mol. The Balaban J connectivity index is 1.97. The van der Waals surface area contributed by atoms with Gasteiger partial charge >= 0.3 is 0 Å². The number of rotatable bonds is 5. The lowest BCUT2D eigenvalue weighted by Gasteiger charge is -2.08. The summed E-state index contributed by atoms with van der Waals surface area (Å²) in [4.78, 5) is 18.9. The lowest BCUT2D eigenvalue weighted by atomic mass is 10.1. The highest BCUT2D eigenvalue weighted by molar-refractivity contribution is 7.16. The fourth-order valence-corrected chi connectivity index (χ4v) is 4.54. The van der Waals surface area contributed by atoms with Gasteiger partial charge in [0.1, 0.15) is 4.83 Å². The van der Waals surface area contributed by atoms with Crippen molar-refractivity contribution in [3.63, 3.8) is 0 Å². The second kappa shape index (κ2) is 6.01. The molecule has 0 amide bonds. The van der Waals surface area contributed by atoms with Crippen molar-refractivity contribution in [2.24, 2.45) is 0 Å². The highest BCUT2D eigenvalue weighted by Gasteiger charge is 2.24. The Morgan fingerprint density at radius 3 is 2.96 bits per heavy atom. The van der Waals surface area contributed by atoms with E-state index in [0.29, 0.717) is 6.54 Å². The Morgan fingerprint density at radius 1 is 1.36 bits per heavy atom. The van der Waals surface area contributed by atoms with E-state index in [1.54, 1.807) is 23.7 Å². The SMILES string of the molecule is C=CCn1c(C)c(C(=O)c2cc3ccsc3n2CC)c2cnccc21. The number of nitrogens with zero attached hydrogens (tertiary/aromatic N) is 3. The molecule has 5 heteroatoms. The quantitative estimate of drug-likeness (QED) is 0.384. The number of thiophene rings is 1. The molecule has 0 spiro atoms. The molecule has 0 saturated carbocycles. The summed E-state index contributed by atoms with van der Waals surface area (Å²) < 4.78 is 4.23. The van der Waals surface area contributed by atoms with Gasteiger partial charge in [-0.05, 0) is 37.4 Å². The molecule has 4 aromatic rings. The lowest BCUT2D eigenvalue weighted by molar-refractivity contribution is 0.103. The average Bonchev–Trinajstić information content (AvgIpc) is 3.27. The van der Waals surface area contributed by atoms with Gasteiger partial charge in [-0.25, -0.2) is 0 Å². The van der Waals surface area contributed by atoms with E-state index in [1.165, 1.54) is 0 Å². The molecule has 4 heterocycles. The smallest absolute Gasteiger partial charge is 0.211 e. The molecule has 0 aliphatic rings. The summed E-state index contributed by atoms with van der Waals surface area (Å²) in [5.41, 5.74) is 3.46. The normalized spacial score (nSPS) is 11.4. The average molecular weight is 349 g/mol. The first kappa shape index (κ1) is 15.8. The van der Waals surface area contributed by atoms with Crippen LogP contribution in [-0.2, 0) is 13.1 Å². The minimum absolute atomic E-state index is 0.0589. The molecule has 0 unspecified atom stereocenters. The van der Waals surface area contributed by atoms with Gasteiger partial charge in [0.2, 0.25) is 5.78 Å². The number of allylic oxidation sites excluding steroid dienone is 1. The number of ketones is 1. The van der Waals surface area contributed by atoms with Crippen molar-refractivity contribution in [2.45, 2.75) is 26.9 Å². The molecule has 0 aliphatic heterocycles. The zero-order valence-corrected chi connectivity index (χ0v) is 15.1. The maximum absolute atomic E-state index is 13.5. The predicted molar refractivity (Wildman–Crippen MR) is 104 cm³/mol. The standard InChI is InChI=1S/C20H19N3OS/c1-4-9-23-13(3)18(15-12-21-8-6-16(15)23)19(24)17-11-14-7-10-25-20(14)22(17)5-2/h4,6-8,10-12H,1,5,9H2,2-3H3. The zero-order chi connectivity index (χ0) is 17.6. The summed E-state index contributed by atoms with van der Waals surface area (Å²) in [5, 5.41) is 4.09. The molecule has 0 N–H and O–H groups in total. The number of hydrogen-bond donors (Lipinski definition) is 0. The molecule has 25 heavy (non-hydrogen) atoms. The third-order valence-electron chi connectivity index (χ3n) is 4.71. The van der Waals surface area contributed by atoms with Crippen LogP contribution in [0.25, 0.3) is 21.1 Å². The lowest BCUT2D eigenvalue weighted by Crippen LogP contribution is -2.10. The minimum Gasteiger partial charge on any atom is -0.340 e. The first-order valence-corrected chi connectivity index (χ1v) is 9.20. The molecule has 4 aromatic heterocycles. The Morgan fingerprint density at radius 2 is 2.20 bits per heavy atom. The fraction of sp³-hybridized carbons (Fsp3) is 0.200. The Kier molecular flexibility index (Phi) is 3.81. The topological polar surface area (TPSA) is 39.8 Å². The highest BCUT2D eigenvalue weighted by Crippen LogP contribution is 2.31.